The lowest BCUT2D eigenvalue weighted by Gasteiger charge is -2.19. The first-order valence-corrected chi connectivity index (χ1v) is 5.86. The molecule has 0 heterocycles. The predicted octanol–water partition coefficient (Wildman–Crippen LogP) is 1.64. The van der Waals surface area contributed by atoms with Gasteiger partial charge >= 0.3 is 5.97 Å². The van der Waals surface area contributed by atoms with Crippen molar-refractivity contribution in [1.82, 2.24) is 0 Å². The third-order valence-electron chi connectivity index (χ3n) is 2.65. The minimum absolute atomic E-state index is 0.589. The van der Waals surface area contributed by atoms with Crippen LogP contribution in [0.2, 0.25) is 0 Å². The molecular formula is C12H17NO3S. The molecule has 0 fully saturated rings. The van der Waals surface area contributed by atoms with Crippen LogP contribution in [0.1, 0.15) is 23.3 Å². The lowest BCUT2D eigenvalue weighted by molar-refractivity contribution is -0.138. The zero-order valence-electron chi connectivity index (χ0n) is 9.88. The highest BCUT2D eigenvalue weighted by atomic mass is 32.1. The van der Waals surface area contributed by atoms with Crippen molar-refractivity contribution in [1.29, 1.82) is 0 Å². The van der Waals surface area contributed by atoms with Crippen LogP contribution in [0.15, 0.2) is 18.2 Å². The topological polar surface area (TPSA) is 72.5 Å². The summed E-state index contributed by atoms with van der Waals surface area (Å²) in [6, 6.07) is 4.58. The number of methoxy groups -OCH3 is 1. The first kappa shape index (κ1) is 13.9. The van der Waals surface area contributed by atoms with Crippen molar-refractivity contribution in [3.63, 3.8) is 0 Å². The van der Waals surface area contributed by atoms with Crippen LogP contribution in [-0.2, 0) is 11.2 Å². The second kappa shape index (κ2) is 5.93. The molecule has 0 spiro atoms. The summed E-state index contributed by atoms with van der Waals surface area (Å²) in [5.41, 5.74) is 7.38. The van der Waals surface area contributed by atoms with E-state index in [-0.39, 0.29) is 0 Å². The van der Waals surface area contributed by atoms with Crippen LogP contribution < -0.4 is 10.5 Å². The first-order valence-electron chi connectivity index (χ1n) is 5.34. The molecular weight excluding hydrogens is 238 g/mol. The molecule has 2 atom stereocenters. The van der Waals surface area contributed by atoms with E-state index in [0.29, 0.717) is 11.3 Å². The Labute approximate surface area is 106 Å². The molecule has 1 aromatic rings. The van der Waals surface area contributed by atoms with Gasteiger partial charge in [0.2, 0.25) is 0 Å². The van der Waals surface area contributed by atoms with Gasteiger partial charge in [-0.15, -0.1) is 0 Å². The number of hydrogen-bond donors (Lipinski definition) is 3. The maximum Gasteiger partial charge on any atom is 0.321 e. The Hall–Kier alpha value is -1.20. The van der Waals surface area contributed by atoms with Gasteiger partial charge < -0.3 is 15.6 Å². The van der Waals surface area contributed by atoms with Crippen molar-refractivity contribution in [3.05, 3.63) is 29.3 Å². The van der Waals surface area contributed by atoms with Crippen molar-refractivity contribution in [3.8, 4) is 5.75 Å². The number of carboxylic acids is 1. The molecule has 0 saturated carbocycles. The first-order chi connectivity index (χ1) is 8.01. The van der Waals surface area contributed by atoms with E-state index >= 15 is 0 Å². The van der Waals surface area contributed by atoms with Gasteiger partial charge in [0, 0.05) is 5.56 Å². The lowest BCUT2D eigenvalue weighted by atomic mass is 10.0. The van der Waals surface area contributed by atoms with E-state index in [2.05, 4.69) is 12.6 Å². The van der Waals surface area contributed by atoms with E-state index < -0.39 is 17.3 Å². The molecule has 1 aromatic carbocycles. The highest BCUT2D eigenvalue weighted by molar-refractivity contribution is 7.80. The fourth-order valence-electron chi connectivity index (χ4n) is 1.56. The number of carbonyl (C=O) groups is 1. The van der Waals surface area contributed by atoms with Gasteiger partial charge in [0.05, 0.1) is 12.4 Å². The predicted molar refractivity (Wildman–Crippen MR) is 69.7 cm³/mol. The summed E-state index contributed by atoms with van der Waals surface area (Å²) < 4.78 is 5.20. The van der Waals surface area contributed by atoms with Crippen LogP contribution in [0.5, 0.6) is 5.75 Å². The zero-order valence-corrected chi connectivity index (χ0v) is 10.8. The Morgan fingerprint density at radius 3 is 2.71 bits per heavy atom. The number of ether oxygens (including phenoxy) is 1. The summed E-state index contributed by atoms with van der Waals surface area (Å²) >= 11 is 4.28. The van der Waals surface area contributed by atoms with E-state index in [1.54, 1.807) is 0 Å². The Morgan fingerprint density at radius 2 is 2.24 bits per heavy atom. The smallest absolute Gasteiger partial charge is 0.321 e. The molecule has 0 aliphatic rings. The molecule has 0 radical (unpaired) electrons. The molecule has 0 aliphatic carbocycles. The second-order valence-corrected chi connectivity index (χ2v) is 4.30. The SMILES string of the molecule is CCc1ccc(OC)c(C(S)C(N)C(=O)O)c1. The van der Waals surface area contributed by atoms with E-state index in [1.165, 1.54) is 7.11 Å². The van der Waals surface area contributed by atoms with Gasteiger partial charge in [-0.25, -0.2) is 0 Å². The van der Waals surface area contributed by atoms with Crippen LogP contribution >= 0.6 is 12.6 Å². The number of aryl methyl sites for hydroxylation is 1. The summed E-state index contributed by atoms with van der Waals surface area (Å²) in [4.78, 5) is 10.9. The molecule has 94 valence electrons. The van der Waals surface area contributed by atoms with E-state index in [9.17, 15) is 4.79 Å². The van der Waals surface area contributed by atoms with E-state index in [0.717, 1.165) is 12.0 Å². The Balaban J connectivity index is 3.13. The molecule has 1 rings (SSSR count). The van der Waals surface area contributed by atoms with Gasteiger partial charge in [-0.1, -0.05) is 19.1 Å². The average Bonchev–Trinajstić information content (AvgIpc) is 2.35. The molecule has 4 nitrogen and oxygen atoms in total. The van der Waals surface area contributed by atoms with Gasteiger partial charge in [-0.3, -0.25) is 4.79 Å². The number of rotatable bonds is 5. The molecule has 3 N–H and O–H groups in total. The minimum Gasteiger partial charge on any atom is -0.496 e. The standard InChI is InChI=1S/C12H17NO3S/c1-3-7-4-5-9(16-2)8(6-7)11(17)10(13)12(14)15/h4-6,10-11,17H,3,13H2,1-2H3,(H,14,15). The summed E-state index contributed by atoms with van der Waals surface area (Å²) in [6.07, 6.45) is 0.861. The minimum atomic E-state index is -1.08. The fraction of sp³-hybridized carbons (Fsp3) is 0.417. The van der Waals surface area contributed by atoms with Crippen molar-refractivity contribution < 1.29 is 14.6 Å². The van der Waals surface area contributed by atoms with Crippen LogP contribution in [0, 0.1) is 0 Å². The molecule has 0 bridgehead atoms. The number of aliphatic carboxylic acids is 1. The van der Waals surface area contributed by atoms with E-state index in [1.807, 2.05) is 25.1 Å². The van der Waals surface area contributed by atoms with Crippen LogP contribution in [0.4, 0.5) is 0 Å². The largest absolute Gasteiger partial charge is 0.496 e. The Bertz CT molecular complexity index is 409. The van der Waals surface area contributed by atoms with Crippen molar-refractivity contribution in [2.75, 3.05) is 7.11 Å². The summed E-state index contributed by atoms with van der Waals surface area (Å²) in [5, 5.41) is 8.30. The number of nitrogens with two attached hydrogens (primary N) is 1. The molecule has 0 amide bonds. The monoisotopic (exact) mass is 255 g/mol. The Kier molecular flexibility index (Phi) is 4.84. The van der Waals surface area contributed by atoms with Crippen LogP contribution in [0.25, 0.3) is 0 Å². The van der Waals surface area contributed by atoms with Crippen LogP contribution in [0.3, 0.4) is 0 Å². The second-order valence-electron chi connectivity index (χ2n) is 3.74. The molecule has 0 saturated heterocycles. The molecule has 0 aromatic heterocycles. The quantitative estimate of drug-likeness (QED) is 0.699. The van der Waals surface area contributed by atoms with Gasteiger partial charge in [0.1, 0.15) is 11.8 Å². The molecule has 5 heteroatoms. The van der Waals surface area contributed by atoms with Crippen molar-refractivity contribution in [2.45, 2.75) is 24.6 Å². The summed E-state index contributed by atoms with van der Waals surface area (Å²) in [7, 11) is 1.54. The zero-order chi connectivity index (χ0) is 13.0. The van der Waals surface area contributed by atoms with Gasteiger partial charge in [0.15, 0.2) is 0 Å². The summed E-state index contributed by atoms with van der Waals surface area (Å²) in [6.45, 7) is 2.02. The Morgan fingerprint density at radius 1 is 1.59 bits per heavy atom. The van der Waals surface area contributed by atoms with Crippen molar-refractivity contribution >= 4 is 18.6 Å². The molecule has 17 heavy (non-hydrogen) atoms. The third-order valence-corrected chi connectivity index (χ3v) is 3.25. The normalized spacial score (nSPS) is 14.1. The molecule has 2 unspecified atom stereocenters. The maximum atomic E-state index is 10.9. The van der Waals surface area contributed by atoms with E-state index in [4.69, 9.17) is 15.6 Å². The van der Waals surface area contributed by atoms with Gasteiger partial charge in [-0.05, 0) is 18.1 Å². The third kappa shape index (κ3) is 3.14. The number of hydrogen-bond acceptors (Lipinski definition) is 4. The highest BCUT2D eigenvalue weighted by Crippen LogP contribution is 2.32. The number of thiol groups is 1. The lowest BCUT2D eigenvalue weighted by Crippen LogP contribution is -2.34. The van der Waals surface area contributed by atoms with Crippen molar-refractivity contribution in [2.24, 2.45) is 5.73 Å². The number of carboxylic acid groups (broad SMARTS) is 1. The number of benzene rings is 1. The summed E-state index contributed by atoms with van der Waals surface area (Å²) in [5.74, 6) is -0.465. The average molecular weight is 255 g/mol. The van der Waals surface area contributed by atoms with Gasteiger partial charge in [-0.2, -0.15) is 12.6 Å². The maximum absolute atomic E-state index is 10.9. The fourth-order valence-corrected chi connectivity index (χ4v) is 1.89. The molecule has 0 aliphatic heterocycles. The van der Waals surface area contributed by atoms with Crippen LogP contribution in [-0.4, -0.2) is 24.2 Å². The highest BCUT2D eigenvalue weighted by Gasteiger charge is 2.25. The van der Waals surface area contributed by atoms with Gasteiger partial charge in [0.25, 0.3) is 0 Å².